The molecule has 0 aliphatic heterocycles. The van der Waals surface area contributed by atoms with Crippen LogP contribution in [0.15, 0.2) is 18.2 Å². The second-order valence-electron chi connectivity index (χ2n) is 3.31. The van der Waals surface area contributed by atoms with Gasteiger partial charge in [0.25, 0.3) is 0 Å². The van der Waals surface area contributed by atoms with Crippen LogP contribution >= 0.6 is 11.6 Å². The number of aryl methyl sites for hydroxylation is 1. The van der Waals surface area contributed by atoms with E-state index in [1.54, 1.807) is 19.1 Å². The highest BCUT2D eigenvalue weighted by molar-refractivity contribution is 6.31. The first kappa shape index (κ1) is 12.7. The molecule has 0 saturated heterocycles. The van der Waals surface area contributed by atoms with E-state index in [2.05, 4.69) is 4.74 Å². The fourth-order valence-corrected chi connectivity index (χ4v) is 1.32. The molecule has 0 fully saturated rings. The highest BCUT2D eigenvalue weighted by atomic mass is 35.5. The van der Waals surface area contributed by atoms with Crippen molar-refractivity contribution in [1.29, 1.82) is 0 Å². The zero-order valence-electron chi connectivity index (χ0n) is 9.09. The van der Waals surface area contributed by atoms with E-state index in [1.165, 1.54) is 19.3 Å². The molecule has 2 nitrogen and oxygen atoms in total. The van der Waals surface area contributed by atoms with Gasteiger partial charge in [0.15, 0.2) is 0 Å². The van der Waals surface area contributed by atoms with Crippen LogP contribution in [0.5, 0.6) is 0 Å². The van der Waals surface area contributed by atoms with Crippen molar-refractivity contribution in [3.05, 3.63) is 40.2 Å². The predicted octanol–water partition coefficient (Wildman–Crippen LogP) is 3.36. The number of esters is 1. The van der Waals surface area contributed by atoms with Crippen LogP contribution in [-0.2, 0) is 9.53 Å². The minimum atomic E-state index is -0.406. The highest BCUT2D eigenvalue weighted by Crippen LogP contribution is 2.20. The summed E-state index contributed by atoms with van der Waals surface area (Å²) in [5.41, 5.74) is 1.20. The van der Waals surface area contributed by atoms with Gasteiger partial charge in [-0.1, -0.05) is 23.8 Å². The first-order chi connectivity index (χ1) is 7.54. The third-order valence-electron chi connectivity index (χ3n) is 2.09. The highest BCUT2D eigenvalue weighted by Gasteiger charge is 2.03. The quantitative estimate of drug-likeness (QED) is 0.760. The first-order valence-electron chi connectivity index (χ1n) is 4.73. The number of methoxy groups -OCH3 is 1. The van der Waals surface area contributed by atoms with Gasteiger partial charge in [-0.15, -0.1) is 0 Å². The van der Waals surface area contributed by atoms with Gasteiger partial charge in [-0.25, -0.2) is 4.39 Å². The molecule has 4 heteroatoms. The van der Waals surface area contributed by atoms with Gasteiger partial charge >= 0.3 is 5.97 Å². The average molecular weight is 243 g/mol. The van der Waals surface area contributed by atoms with E-state index in [1.807, 2.05) is 0 Å². The number of hydrogen-bond acceptors (Lipinski definition) is 2. The average Bonchev–Trinajstić information content (AvgIpc) is 2.25. The van der Waals surface area contributed by atoms with Crippen LogP contribution < -0.4 is 0 Å². The predicted molar refractivity (Wildman–Crippen MR) is 61.8 cm³/mol. The van der Waals surface area contributed by atoms with E-state index in [-0.39, 0.29) is 12.4 Å². The number of carbonyl (C=O) groups is 1. The largest absolute Gasteiger partial charge is 0.469 e. The Kier molecular flexibility index (Phi) is 4.50. The summed E-state index contributed by atoms with van der Waals surface area (Å²) >= 11 is 5.75. The number of hydrogen-bond donors (Lipinski definition) is 0. The second-order valence-corrected chi connectivity index (χ2v) is 3.71. The monoisotopic (exact) mass is 242 g/mol. The van der Waals surface area contributed by atoms with Crippen LogP contribution in [0, 0.1) is 12.7 Å². The topological polar surface area (TPSA) is 26.3 Å². The fourth-order valence-electron chi connectivity index (χ4n) is 1.17. The molecule has 0 radical (unpaired) electrons. The molecule has 0 spiro atoms. The van der Waals surface area contributed by atoms with Crippen LogP contribution in [0.2, 0.25) is 5.02 Å². The number of rotatable bonds is 3. The summed E-state index contributed by atoms with van der Waals surface area (Å²) in [6, 6.07) is 2.89. The molecular weight excluding hydrogens is 231 g/mol. The van der Waals surface area contributed by atoms with E-state index in [4.69, 9.17) is 11.6 Å². The van der Waals surface area contributed by atoms with Gasteiger partial charge in [-0.3, -0.25) is 4.79 Å². The van der Waals surface area contributed by atoms with Crippen LogP contribution in [0.1, 0.15) is 17.5 Å². The van der Waals surface area contributed by atoms with Crippen molar-refractivity contribution < 1.29 is 13.9 Å². The van der Waals surface area contributed by atoms with E-state index in [9.17, 15) is 9.18 Å². The van der Waals surface area contributed by atoms with Gasteiger partial charge in [0.1, 0.15) is 5.82 Å². The Balaban J connectivity index is 2.81. The molecule has 1 aromatic rings. The summed E-state index contributed by atoms with van der Waals surface area (Å²) in [6.07, 6.45) is 3.21. The van der Waals surface area contributed by atoms with Crippen molar-refractivity contribution in [3.8, 4) is 0 Å². The van der Waals surface area contributed by atoms with Crippen molar-refractivity contribution in [3.63, 3.8) is 0 Å². The lowest BCUT2D eigenvalue weighted by atomic mass is 10.1. The zero-order valence-corrected chi connectivity index (χ0v) is 9.84. The Morgan fingerprint density at radius 3 is 2.88 bits per heavy atom. The van der Waals surface area contributed by atoms with Crippen molar-refractivity contribution in [2.24, 2.45) is 0 Å². The summed E-state index contributed by atoms with van der Waals surface area (Å²) in [5.74, 6) is -0.765. The van der Waals surface area contributed by atoms with Crippen molar-refractivity contribution >= 4 is 23.6 Å². The Morgan fingerprint density at radius 2 is 2.25 bits per heavy atom. The van der Waals surface area contributed by atoms with Gasteiger partial charge < -0.3 is 4.74 Å². The minimum absolute atomic E-state index is 0.123. The fraction of sp³-hybridized carbons (Fsp3) is 0.250. The lowest BCUT2D eigenvalue weighted by molar-refractivity contribution is -0.139. The van der Waals surface area contributed by atoms with E-state index in [0.29, 0.717) is 10.6 Å². The Morgan fingerprint density at radius 1 is 1.56 bits per heavy atom. The number of carbonyl (C=O) groups excluding carboxylic acids is 1. The van der Waals surface area contributed by atoms with Crippen LogP contribution in [0.3, 0.4) is 0 Å². The molecule has 0 atom stereocenters. The lowest BCUT2D eigenvalue weighted by Gasteiger charge is -2.01. The molecule has 16 heavy (non-hydrogen) atoms. The molecule has 1 aromatic carbocycles. The standard InChI is InChI=1S/C12H12ClFO2/c1-8-6-9(11(14)7-10(8)13)4-3-5-12(15)16-2/h3-4,6-7H,5H2,1-2H3. The van der Waals surface area contributed by atoms with E-state index in [0.717, 1.165) is 5.56 Å². The summed E-state index contributed by atoms with van der Waals surface area (Å²) in [5, 5.41) is 0.391. The first-order valence-corrected chi connectivity index (χ1v) is 5.11. The molecule has 86 valence electrons. The maximum Gasteiger partial charge on any atom is 0.309 e. The molecule has 0 aliphatic rings. The van der Waals surface area contributed by atoms with Crippen LogP contribution in [0.25, 0.3) is 6.08 Å². The maximum absolute atomic E-state index is 13.4. The van der Waals surface area contributed by atoms with Crippen LogP contribution in [0.4, 0.5) is 4.39 Å². The normalized spacial score (nSPS) is 10.8. The molecule has 0 saturated carbocycles. The second kappa shape index (κ2) is 5.66. The summed E-state index contributed by atoms with van der Waals surface area (Å²) in [6.45, 7) is 1.79. The SMILES string of the molecule is COC(=O)CC=Cc1cc(C)c(Cl)cc1F. The molecule has 0 amide bonds. The zero-order chi connectivity index (χ0) is 12.1. The molecule has 0 bridgehead atoms. The summed E-state index contributed by atoms with van der Waals surface area (Å²) in [7, 11) is 1.31. The van der Waals surface area contributed by atoms with Gasteiger partial charge in [-0.2, -0.15) is 0 Å². The van der Waals surface area contributed by atoms with Gasteiger partial charge in [0.2, 0.25) is 0 Å². The number of halogens is 2. The molecule has 0 aliphatic carbocycles. The van der Waals surface area contributed by atoms with Crippen LogP contribution in [-0.4, -0.2) is 13.1 Å². The summed E-state index contributed by atoms with van der Waals surface area (Å²) in [4.78, 5) is 10.8. The minimum Gasteiger partial charge on any atom is -0.469 e. The van der Waals surface area contributed by atoms with Gasteiger partial charge in [-0.05, 0) is 24.6 Å². The van der Waals surface area contributed by atoms with Crippen molar-refractivity contribution in [2.45, 2.75) is 13.3 Å². The Bertz CT molecular complexity index is 427. The molecule has 0 unspecified atom stereocenters. The lowest BCUT2D eigenvalue weighted by Crippen LogP contribution is -1.96. The Hall–Kier alpha value is -1.35. The van der Waals surface area contributed by atoms with E-state index < -0.39 is 5.82 Å². The third kappa shape index (κ3) is 3.35. The van der Waals surface area contributed by atoms with Gasteiger partial charge in [0.05, 0.1) is 13.5 Å². The van der Waals surface area contributed by atoms with Crippen molar-refractivity contribution in [1.82, 2.24) is 0 Å². The van der Waals surface area contributed by atoms with Gasteiger partial charge in [0, 0.05) is 10.6 Å². The molecule has 0 heterocycles. The van der Waals surface area contributed by atoms with Crippen molar-refractivity contribution in [2.75, 3.05) is 7.11 Å². The maximum atomic E-state index is 13.4. The Labute approximate surface area is 98.7 Å². The molecular formula is C12H12ClFO2. The third-order valence-corrected chi connectivity index (χ3v) is 2.49. The molecule has 0 N–H and O–H groups in total. The summed E-state index contributed by atoms with van der Waals surface area (Å²) < 4.78 is 17.8. The number of benzene rings is 1. The number of ether oxygens (including phenoxy) is 1. The van der Waals surface area contributed by atoms with E-state index >= 15 is 0 Å². The molecule has 0 aromatic heterocycles. The molecule has 1 rings (SSSR count). The smallest absolute Gasteiger partial charge is 0.309 e.